The Hall–Kier alpha value is -0.660. The first-order valence-corrected chi connectivity index (χ1v) is 7.41. The van der Waals surface area contributed by atoms with Crippen LogP contribution >= 0.6 is 43.2 Å². The Labute approximate surface area is 127 Å². The van der Waals surface area contributed by atoms with Crippen molar-refractivity contribution in [3.8, 4) is 0 Å². The smallest absolute Gasteiger partial charge is 0.288 e. The van der Waals surface area contributed by atoms with Crippen molar-refractivity contribution in [3.63, 3.8) is 0 Å². The first-order valence-electron chi connectivity index (χ1n) is 4.95. The summed E-state index contributed by atoms with van der Waals surface area (Å²) in [4.78, 5) is 12.6. The molecule has 1 aromatic heterocycles. The summed E-state index contributed by atoms with van der Waals surface area (Å²) in [5, 5.41) is 1.74. The van der Waals surface area contributed by atoms with Crippen molar-refractivity contribution in [3.05, 3.63) is 54.6 Å². The van der Waals surface area contributed by atoms with Crippen molar-refractivity contribution in [2.45, 2.75) is 6.18 Å². The zero-order valence-corrected chi connectivity index (χ0v) is 13.1. The van der Waals surface area contributed by atoms with Gasteiger partial charge in [-0.15, -0.1) is 11.3 Å². The molecule has 19 heavy (non-hydrogen) atoms. The van der Waals surface area contributed by atoms with Crippen LogP contribution < -0.4 is 0 Å². The van der Waals surface area contributed by atoms with Gasteiger partial charge in [0.2, 0.25) is 5.78 Å². The molecule has 0 aliphatic carbocycles. The highest BCUT2D eigenvalue weighted by atomic mass is 79.9. The van der Waals surface area contributed by atoms with E-state index in [1.165, 1.54) is 23.5 Å². The summed E-state index contributed by atoms with van der Waals surface area (Å²) in [6.45, 7) is 0. The number of halogens is 5. The van der Waals surface area contributed by atoms with Crippen LogP contribution in [0.25, 0.3) is 0 Å². The highest BCUT2D eigenvalue weighted by Crippen LogP contribution is 2.34. The van der Waals surface area contributed by atoms with Crippen molar-refractivity contribution >= 4 is 49.0 Å². The molecular formula is C12H5Br2F3OS. The van der Waals surface area contributed by atoms with E-state index in [-0.39, 0.29) is 11.3 Å². The molecule has 0 atom stereocenters. The van der Waals surface area contributed by atoms with E-state index in [9.17, 15) is 18.0 Å². The molecule has 1 nitrogen and oxygen atoms in total. The molecule has 0 fully saturated rings. The van der Waals surface area contributed by atoms with Crippen molar-refractivity contribution in [1.29, 1.82) is 0 Å². The average molecular weight is 414 g/mol. The van der Waals surface area contributed by atoms with Gasteiger partial charge in [0.1, 0.15) is 0 Å². The van der Waals surface area contributed by atoms with Crippen LogP contribution in [-0.2, 0) is 6.18 Å². The largest absolute Gasteiger partial charge is 0.416 e. The average Bonchev–Trinajstić information content (AvgIpc) is 2.68. The van der Waals surface area contributed by atoms with Gasteiger partial charge in [-0.1, -0.05) is 12.1 Å². The Bertz CT molecular complexity index is 617. The Balaban J connectivity index is 2.33. The Kier molecular flexibility index (Phi) is 4.17. The first kappa shape index (κ1) is 14.7. The lowest BCUT2D eigenvalue weighted by Crippen LogP contribution is -2.06. The van der Waals surface area contributed by atoms with Crippen LogP contribution in [0.5, 0.6) is 0 Å². The molecule has 7 heteroatoms. The molecule has 0 unspecified atom stereocenters. The van der Waals surface area contributed by atoms with Crippen LogP contribution in [-0.4, -0.2) is 5.78 Å². The summed E-state index contributed by atoms with van der Waals surface area (Å²) < 4.78 is 38.6. The molecule has 100 valence electrons. The van der Waals surface area contributed by atoms with Gasteiger partial charge in [-0.3, -0.25) is 4.79 Å². The predicted molar refractivity (Wildman–Crippen MR) is 74.6 cm³/mol. The molecule has 2 rings (SSSR count). The lowest BCUT2D eigenvalue weighted by molar-refractivity contribution is -0.137. The van der Waals surface area contributed by atoms with Crippen LogP contribution in [0.3, 0.4) is 0 Å². The quantitative estimate of drug-likeness (QED) is 0.592. The number of carbonyl (C=O) groups is 1. The molecule has 0 N–H and O–H groups in total. The fourth-order valence-corrected chi connectivity index (χ4v) is 3.53. The Morgan fingerprint density at radius 3 is 2.11 bits per heavy atom. The number of alkyl halides is 3. The Morgan fingerprint density at radius 2 is 1.68 bits per heavy atom. The van der Waals surface area contributed by atoms with E-state index in [1.807, 2.05) is 0 Å². The minimum atomic E-state index is -4.39. The third kappa shape index (κ3) is 3.09. The van der Waals surface area contributed by atoms with E-state index in [0.717, 1.165) is 16.6 Å². The molecule has 0 aliphatic heterocycles. The number of ketones is 1. The van der Waals surface area contributed by atoms with Gasteiger partial charge < -0.3 is 0 Å². The van der Waals surface area contributed by atoms with Gasteiger partial charge >= 0.3 is 6.18 Å². The number of benzene rings is 1. The Morgan fingerprint density at radius 1 is 1.11 bits per heavy atom. The van der Waals surface area contributed by atoms with Gasteiger partial charge in [-0.05, 0) is 44.0 Å². The second-order valence-corrected chi connectivity index (χ2v) is 6.16. The number of carbonyl (C=O) groups excluding carboxylic acids is 1. The van der Waals surface area contributed by atoms with Crippen LogP contribution in [0.1, 0.15) is 20.8 Å². The summed E-state index contributed by atoms with van der Waals surface area (Å²) in [5.74, 6) is -0.309. The van der Waals surface area contributed by atoms with E-state index in [0.29, 0.717) is 9.35 Å². The van der Waals surface area contributed by atoms with Gasteiger partial charge in [0.05, 0.1) is 14.9 Å². The van der Waals surface area contributed by atoms with Gasteiger partial charge in [0, 0.05) is 15.4 Å². The molecule has 0 aliphatic rings. The van der Waals surface area contributed by atoms with Crippen molar-refractivity contribution < 1.29 is 18.0 Å². The van der Waals surface area contributed by atoms with Gasteiger partial charge in [-0.2, -0.15) is 13.2 Å². The molecular weight excluding hydrogens is 409 g/mol. The summed E-state index contributed by atoms with van der Waals surface area (Å²) >= 11 is 7.74. The predicted octanol–water partition coefficient (Wildman–Crippen LogP) is 5.52. The summed E-state index contributed by atoms with van der Waals surface area (Å²) in [6, 6.07) is 4.18. The number of hydrogen-bond donors (Lipinski definition) is 0. The van der Waals surface area contributed by atoms with Gasteiger partial charge in [0.15, 0.2) is 0 Å². The lowest BCUT2D eigenvalue weighted by atomic mass is 10.1. The van der Waals surface area contributed by atoms with E-state index in [1.54, 1.807) is 5.38 Å². The monoisotopic (exact) mass is 412 g/mol. The minimum absolute atomic E-state index is 0.225. The summed E-state index contributed by atoms with van der Waals surface area (Å²) in [6.07, 6.45) is -4.39. The van der Waals surface area contributed by atoms with Crippen molar-refractivity contribution in [2.75, 3.05) is 0 Å². The molecule has 0 amide bonds. The van der Waals surface area contributed by atoms with Crippen LogP contribution in [0, 0.1) is 0 Å². The van der Waals surface area contributed by atoms with Gasteiger partial charge in [0.25, 0.3) is 0 Å². The minimum Gasteiger partial charge on any atom is -0.288 e. The molecule has 0 saturated carbocycles. The highest BCUT2D eigenvalue weighted by molar-refractivity contribution is 9.13. The zero-order valence-electron chi connectivity index (χ0n) is 9.09. The lowest BCUT2D eigenvalue weighted by Gasteiger charge is -2.06. The van der Waals surface area contributed by atoms with Crippen LogP contribution in [0.2, 0.25) is 0 Å². The molecule has 0 saturated heterocycles. The van der Waals surface area contributed by atoms with E-state index >= 15 is 0 Å². The van der Waals surface area contributed by atoms with Crippen molar-refractivity contribution in [2.24, 2.45) is 0 Å². The molecule has 1 aromatic carbocycles. The molecule has 0 radical (unpaired) electrons. The fourth-order valence-electron chi connectivity index (χ4n) is 1.42. The molecule has 0 spiro atoms. The maximum absolute atomic E-state index is 12.4. The van der Waals surface area contributed by atoms with E-state index in [2.05, 4.69) is 31.9 Å². The SMILES string of the molecule is O=C(c1ccc(C(F)(F)F)cc1)c1scc(Br)c1Br. The summed E-state index contributed by atoms with van der Waals surface area (Å²) in [7, 11) is 0. The second-order valence-electron chi connectivity index (χ2n) is 3.63. The van der Waals surface area contributed by atoms with Crippen LogP contribution in [0.4, 0.5) is 13.2 Å². The highest BCUT2D eigenvalue weighted by Gasteiger charge is 2.30. The van der Waals surface area contributed by atoms with Gasteiger partial charge in [-0.25, -0.2) is 0 Å². The third-order valence-corrected chi connectivity index (χ3v) is 5.90. The first-order chi connectivity index (χ1) is 8.80. The topological polar surface area (TPSA) is 17.1 Å². The molecule has 0 bridgehead atoms. The number of rotatable bonds is 2. The normalized spacial score (nSPS) is 11.6. The van der Waals surface area contributed by atoms with E-state index in [4.69, 9.17) is 0 Å². The maximum Gasteiger partial charge on any atom is 0.416 e. The van der Waals surface area contributed by atoms with Crippen LogP contribution in [0.15, 0.2) is 38.6 Å². The molecule has 2 aromatic rings. The fraction of sp³-hybridized carbons (Fsp3) is 0.0833. The molecule has 1 heterocycles. The summed E-state index contributed by atoms with van der Waals surface area (Å²) in [5.41, 5.74) is -0.543. The van der Waals surface area contributed by atoms with E-state index < -0.39 is 11.7 Å². The standard InChI is InChI=1S/C12H5Br2F3OS/c13-8-5-19-11(9(8)14)10(18)6-1-3-7(4-2-6)12(15,16)17/h1-5H. The van der Waals surface area contributed by atoms with Crippen molar-refractivity contribution in [1.82, 2.24) is 0 Å². The third-order valence-electron chi connectivity index (χ3n) is 2.37. The number of thiophene rings is 1. The maximum atomic E-state index is 12.4. The second kappa shape index (κ2) is 5.38. The number of hydrogen-bond acceptors (Lipinski definition) is 2. The zero-order chi connectivity index (χ0) is 14.2.